The van der Waals surface area contributed by atoms with Crippen molar-refractivity contribution in [1.82, 2.24) is 9.97 Å². The maximum Gasteiger partial charge on any atom is 0.346 e. The molecule has 0 saturated carbocycles. The zero-order valence-corrected chi connectivity index (χ0v) is 21.3. The lowest BCUT2D eigenvalue weighted by atomic mass is 10.1. The van der Waals surface area contributed by atoms with Gasteiger partial charge in [0.15, 0.2) is 0 Å². The van der Waals surface area contributed by atoms with Gasteiger partial charge >= 0.3 is 12.0 Å². The number of rotatable bonds is 11. The Morgan fingerprint density at radius 2 is 1.24 bits per heavy atom. The molecule has 3 aromatic carbocycles. The normalized spacial score (nSPS) is 10.3. The Balaban J connectivity index is 1.73. The van der Waals surface area contributed by atoms with E-state index in [1.165, 1.54) is 34.5 Å². The molecule has 0 radical (unpaired) electrons. The molecule has 0 aliphatic heterocycles. The lowest BCUT2D eigenvalue weighted by molar-refractivity contribution is 0.0466. The van der Waals surface area contributed by atoms with Crippen LogP contribution in [0.3, 0.4) is 0 Å². The summed E-state index contributed by atoms with van der Waals surface area (Å²) in [5, 5.41) is 0. The Hall–Kier alpha value is -4.99. The molecule has 0 spiro atoms. The number of hydrogen-bond acceptors (Lipinski definition) is 10. The fraction of sp³-hybridized carbons (Fsp3) is 0.179. The standard InChI is InChI=1S/C28H26N2O8/c1-32-19-13-20(33-2)15-21(14-19)37-22-11-8-12-23(38-28-29-24(34-3)16-25(30-28)35-4)26(22)27(31)36-17-18-9-6-5-7-10-18/h5-16H,17H2,1-4H3. The Morgan fingerprint density at radius 3 is 1.82 bits per heavy atom. The van der Waals surface area contributed by atoms with E-state index in [-0.39, 0.29) is 41.4 Å². The highest BCUT2D eigenvalue weighted by Crippen LogP contribution is 2.37. The van der Waals surface area contributed by atoms with Crippen LogP contribution in [0.4, 0.5) is 0 Å². The first-order chi connectivity index (χ1) is 18.5. The predicted molar refractivity (Wildman–Crippen MR) is 137 cm³/mol. The van der Waals surface area contributed by atoms with Crippen molar-refractivity contribution in [2.24, 2.45) is 0 Å². The SMILES string of the molecule is COc1cc(OC)cc(Oc2cccc(Oc3nc(OC)cc(OC)n3)c2C(=O)OCc2ccccc2)c1. The lowest BCUT2D eigenvalue weighted by Crippen LogP contribution is -2.09. The van der Waals surface area contributed by atoms with Gasteiger partial charge in [0.05, 0.1) is 34.5 Å². The summed E-state index contributed by atoms with van der Waals surface area (Å²) in [5.41, 5.74) is 0.843. The average molecular weight is 519 g/mol. The average Bonchev–Trinajstić information content (AvgIpc) is 2.96. The van der Waals surface area contributed by atoms with Crippen molar-refractivity contribution >= 4 is 5.97 Å². The van der Waals surface area contributed by atoms with Crippen molar-refractivity contribution in [1.29, 1.82) is 0 Å². The van der Waals surface area contributed by atoms with E-state index in [2.05, 4.69) is 9.97 Å². The third kappa shape index (κ3) is 6.41. The topological polar surface area (TPSA) is 107 Å². The van der Waals surface area contributed by atoms with Crippen molar-refractivity contribution in [3.05, 3.63) is 83.9 Å². The van der Waals surface area contributed by atoms with Crippen LogP contribution in [0, 0.1) is 0 Å². The first-order valence-electron chi connectivity index (χ1n) is 11.4. The molecule has 4 rings (SSSR count). The van der Waals surface area contributed by atoms with Crippen LogP contribution in [0.15, 0.2) is 72.8 Å². The van der Waals surface area contributed by atoms with E-state index in [1.54, 1.807) is 36.4 Å². The molecule has 0 aliphatic rings. The van der Waals surface area contributed by atoms with Gasteiger partial charge < -0.3 is 33.2 Å². The van der Waals surface area contributed by atoms with Gasteiger partial charge in [0, 0.05) is 18.2 Å². The summed E-state index contributed by atoms with van der Waals surface area (Å²) in [7, 11) is 5.97. The van der Waals surface area contributed by atoms with E-state index in [9.17, 15) is 4.79 Å². The van der Waals surface area contributed by atoms with Gasteiger partial charge in [-0.2, -0.15) is 9.97 Å². The third-order valence-corrected chi connectivity index (χ3v) is 5.24. The fourth-order valence-electron chi connectivity index (χ4n) is 3.38. The molecule has 0 N–H and O–H groups in total. The molecule has 196 valence electrons. The van der Waals surface area contributed by atoms with Gasteiger partial charge in [-0.05, 0) is 17.7 Å². The van der Waals surface area contributed by atoms with Crippen molar-refractivity contribution in [3.63, 3.8) is 0 Å². The second-order valence-corrected chi connectivity index (χ2v) is 7.68. The van der Waals surface area contributed by atoms with E-state index in [0.29, 0.717) is 17.2 Å². The van der Waals surface area contributed by atoms with Gasteiger partial charge in [0.25, 0.3) is 0 Å². The smallest absolute Gasteiger partial charge is 0.346 e. The zero-order chi connectivity index (χ0) is 26.9. The van der Waals surface area contributed by atoms with Crippen LogP contribution in [0.1, 0.15) is 15.9 Å². The minimum absolute atomic E-state index is 0.0237. The molecule has 0 atom stereocenters. The monoisotopic (exact) mass is 518 g/mol. The lowest BCUT2D eigenvalue weighted by Gasteiger charge is -2.16. The van der Waals surface area contributed by atoms with Gasteiger partial charge in [-0.1, -0.05) is 36.4 Å². The number of carbonyl (C=O) groups excluding carboxylic acids is 1. The Morgan fingerprint density at radius 1 is 0.658 bits per heavy atom. The molecule has 0 unspecified atom stereocenters. The molecule has 0 aliphatic carbocycles. The second-order valence-electron chi connectivity index (χ2n) is 7.68. The van der Waals surface area contributed by atoms with Crippen LogP contribution in [0.5, 0.6) is 46.5 Å². The van der Waals surface area contributed by atoms with Crippen LogP contribution in [0.25, 0.3) is 0 Å². The molecule has 38 heavy (non-hydrogen) atoms. The third-order valence-electron chi connectivity index (χ3n) is 5.24. The number of benzene rings is 3. The van der Waals surface area contributed by atoms with Gasteiger partial charge in [-0.25, -0.2) is 4.79 Å². The largest absolute Gasteiger partial charge is 0.496 e. The van der Waals surface area contributed by atoms with Crippen molar-refractivity contribution < 1.29 is 38.0 Å². The minimum atomic E-state index is -0.677. The molecule has 4 aromatic rings. The van der Waals surface area contributed by atoms with Crippen molar-refractivity contribution in [3.8, 4) is 46.5 Å². The van der Waals surface area contributed by atoms with Gasteiger partial charge in [-0.3, -0.25) is 0 Å². The van der Waals surface area contributed by atoms with E-state index in [4.69, 9.17) is 33.2 Å². The maximum absolute atomic E-state index is 13.4. The summed E-state index contributed by atoms with van der Waals surface area (Å²) in [6.45, 7) is 0.0455. The van der Waals surface area contributed by atoms with Gasteiger partial charge in [0.2, 0.25) is 11.8 Å². The maximum atomic E-state index is 13.4. The summed E-state index contributed by atoms with van der Waals surface area (Å²) in [6.07, 6.45) is 0. The summed E-state index contributed by atoms with van der Waals surface area (Å²) >= 11 is 0. The molecular weight excluding hydrogens is 492 g/mol. The van der Waals surface area contributed by atoms with Gasteiger partial charge in [-0.15, -0.1) is 0 Å². The molecule has 1 heterocycles. The molecule has 1 aromatic heterocycles. The number of aromatic nitrogens is 2. The van der Waals surface area contributed by atoms with Crippen LogP contribution in [-0.2, 0) is 11.3 Å². The number of nitrogens with zero attached hydrogens (tertiary/aromatic N) is 2. The highest BCUT2D eigenvalue weighted by molar-refractivity contribution is 5.96. The molecule has 0 bridgehead atoms. The summed E-state index contributed by atoms with van der Waals surface area (Å²) in [6, 6.07) is 20.6. The summed E-state index contributed by atoms with van der Waals surface area (Å²) < 4.78 is 38.7. The van der Waals surface area contributed by atoms with E-state index >= 15 is 0 Å². The summed E-state index contributed by atoms with van der Waals surface area (Å²) in [4.78, 5) is 21.8. The number of methoxy groups -OCH3 is 4. The van der Waals surface area contributed by atoms with Crippen LogP contribution >= 0.6 is 0 Å². The minimum Gasteiger partial charge on any atom is -0.496 e. The molecule has 10 nitrogen and oxygen atoms in total. The van der Waals surface area contributed by atoms with Crippen LogP contribution in [-0.4, -0.2) is 44.4 Å². The molecule has 0 amide bonds. The van der Waals surface area contributed by atoms with Crippen LogP contribution < -0.4 is 28.4 Å². The molecule has 10 heteroatoms. The Kier molecular flexibility index (Phi) is 8.45. The highest BCUT2D eigenvalue weighted by atomic mass is 16.5. The molecular formula is C28H26N2O8. The molecule has 0 saturated heterocycles. The molecule has 0 fully saturated rings. The van der Waals surface area contributed by atoms with Gasteiger partial charge in [0.1, 0.15) is 40.9 Å². The summed E-state index contributed by atoms with van der Waals surface area (Å²) in [5.74, 6) is 1.43. The predicted octanol–water partition coefficient (Wildman–Crippen LogP) is 5.45. The fourth-order valence-corrected chi connectivity index (χ4v) is 3.38. The number of carbonyl (C=O) groups is 1. The zero-order valence-electron chi connectivity index (χ0n) is 21.3. The Labute approximate surface area is 219 Å². The van der Waals surface area contributed by atoms with Crippen molar-refractivity contribution in [2.75, 3.05) is 28.4 Å². The second kappa shape index (κ2) is 12.3. The highest BCUT2D eigenvalue weighted by Gasteiger charge is 2.23. The van der Waals surface area contributed by atoms with E-state index in [0.717, 1.165) is 5.56 Å². The van der Waals surface area contributed by atoms with Crippen molar-refractivity contribution in [2.45, 2.75) is 6.61 Å². The number of ether oxygens (including phenoxy) is 7. The Bertz CT molecular complexity index is 1270. The van der Waals surface area contributed by atoms with E-state index in [1.807, 2.05) is 30.3 Å². The first kappa shape index (κ1) is 26.1. The van der Waals surface area contributed by atoms with E-state index < -0.39 is 5.97 Å². The number of hydrogen-bond donors (Lipinski definition) is 0. The number of esters is 1. The van der Waals surface area contributed by atoms with Crippen LogP contribution in [0.2, 0.25) is 0 Å². The first-order valence-corrected chi connectivity index (χ1v) is 11.4. The quantitative estimate of drug-likeness (QED) is 0.238.